The van der Waals surface area contributed by atoms with Crippen LogP contribution in [0, 0.1) is 26.2 Å². The molecule has 0 bridgehead atoms. The Labute approximate surface area is 115 Å². The average molecular weight is 258 g/mol. The molecule has 2 heteroatoms. The highest BCUT2D eigenvalue weighted by molar-refractivity contribution is 6.24. The number of carbonyl (C=O) groups is 1. The summed E-state index contributed by atoms with van der Waals surface area (Å²) in [5.41, 5.74) is 4.45. The van der Waals surface area contributed by atoms with Gasteiger partial charge in [-0.05, 0) is 49.4 Å². The van der Waals surface area contributed by atoms with E-state index in [1.807, 2.05) is 33.8 Å². The Balaban J connectivity index is 2.65. The van der Waals surface area contributed by atoms with Crippen LogP contribution in [0.5, 0.6) is 0 Å². The number of ketones is 1. The lowest BCUT2D eigenvalue weighted by atomic mass is 9.85. The summed E-state index contributed by atoms with van der Waals surface area (Å²) in [5.74, 6) is 0.333. The van der Waals surface area contributed by atoms with Crippen LogP contribution in [0.25, 0.3) is 5.57 Å². The van der Waals surface area contributed by atoms with Crippen molar-refractivity contribution in [2.75, 3.05) is 0 Å². The fraction of sp³-hybridized carbons (Fsp3) is 0.471. The number of aliphatic hydroxyl groups excluding tert-OH is 1. The summed E-state index contributed by atoms with van der Waals surface area (Å²) >= 11 is 0. The molecule has 2 nitrogen and oxygen atoms in total. The highest BCUT2D eigenvalue weighted by Gasteiger charge is 2.41. The molecule has 0 fully saturated rings. The van der Waals surface area contributed by atoms with Crippen LogP contribution in [0.15, 0.2) is 17.9 Å². The molecule has 1 aromatic rings. The SMILES string of the molecule is CCC1(C)CC(=O)C(c2cc(C)c(C)cc2C)=C1O. The maximum Gasteiger partial charge on any atom is 0.167 e. The van der Waals surface area contributed by atoms with Gasteiger partial charge >= 0.3 is 0 Å². The summed E-state index contributed by atoms with van der Waals surface area (Å²) < 4.78 is 0. The lowest BCUT2D eigenvalue weighted by molar-refractivity contribution is -0.114. The molecule has 2 rings (SSSR count). The van der Waals surface area contributed by atoms with Gasteiger partial charge in [0.2, 0.25) is 0 Å². The van der Waals surface area contributed by atoms with E-state index in [-0.39, 0.29) is 11.5 Å². The highest BCUT2D eigenvalue weighted by atomic mass is 16.3. The van der Waals surface area contributed by atoms with Crippen LogP contribution in [-0.4, -0.2) is 10.9 Å². The molecule has 0 saturated heterocycles. The van der Waals surface area contributed by atoms with Crippen LogP contribution in [0.3, 0.4) is 0 Å². The number of rotatable bonds is 2. The Bertz CT molecular complexity index is 581. The van der Waals surface area contributed by atoms with Gasteiger partial charge < -0.3 is 5.11 Å². The average Bonchev–Trinajstić information content (AvgIpc) is 2.56. The minimum absolute atomic E-state index is 0.0632. The van der Waals surface area contributed by atoms with Crippen molar-refractivity contribution in [2.45, 2.75) is 47.5 Å². The monoisotopic (exact) mass is 258 g/mol. The van der Waals surface area contributed by atoms with Crippen molar-refractivity contribution in [1.82, 2.24) is 0 Å². The van der Waals surface area contributed by atoms with E-state index < -0.39 is 5.41 Å². The first-order chi connectivity index (χ1) is 8.80. The zero-order chi connectivity index (χ0) is 14.4. The number of aliphatic hydroxyl groups is 1. The zero-order valence-electron chi connectivity index (χ0n) is 12.4. The van der Waals surface area contributed by atoms with E-state index >= 15 is 0 Å². The summed E-state index contributed by atoms with van der Waals surface area (Å²) in [6, 6.07) is 4.11. The van der Waals surface area contributed by atoms with Crippen molar-refractivity contribution >= 4 is 11.4 Å². The number of benzene rings is 1. The van der Waals surface area contributed by atoms with Crippen molar-refractivity contribution in [3.05, 3.63) is 40.1 Å². The molecule has 0 saturated carbocycles. The molecule has 0 aromatic heterocycles. The predicted octanol–water partition coefficient (Wildman–Crippen LogP) is 4.27. The number of aryl methyl sites for hydroxylation is 3. The molecule has 102 valence electrons. The molecule has 0 heterocycles. The van der Waals surface area contributed by atoms with Gasteiger partial charge in [-0.25, -0.2) is 0 Å². The van der Waals surface area contributed by atoms with E-state index in [1.54, 1.807) is 0 Å². The number of allylic oxidation sites excluding steroid dienone is 2. The largest absolute Gasteiger partial charge is 0.511 e. The van der Waals surface area contributed by atoms with Crippen molar-refractivity contribution in [2.24, 2.45) is 5.41 Å². The van der Waals surface area contributed by atoms with Gasteiger partial charge in [-0.2, -0.15) is 0 Å². The molecule has 0 radical (unpaired) electrons. The third-order valence-corrected chi connectivity index (χ3v) is 4.53. The molecule has 1 unspecified atom stereocenters. The molecule has 0 spiro atoms. The highest BCUT2D eigenvalue weighted by Crippen LogP contribution is 2.45. The summed E-state index contributed by atoms with van der Waals surface area (Å²) in [5, 5.41) is 10.5. The molecule has 1 aliphatic carbocycles. The quantitative estimate of drug-likeness (QED) is 0.860. The Morgan fingerprint density at radius 3 is 2.26 bits per heavy atom. The Hall–Kier alpha value is -1.57. The Morgan fingerprint density at radius 2 is 1.74 bits per heavy atom. The number of hydrogen-bond acceptors (Lipinski definition) is 2. The molecule has 19 heavy (non-hydrogen) atoms. The first-order valence-electron chi connectivity index (χ1n) is 6.85. The molecule has 1 aliphatic rings. The molecule has 1 N–H and O–H groups in total. The summed E-state index contributed by atoms with van der Waals surface area (Å²) in [6.07, 6.45) is 1.19. The van der Waals surface area contributed by atoms with Crippen LogP contribution in [0.1, 0.15) is 48.9 Å². The van der Waals surface area contributed by atoms with Gasteiger partial charge in [0.05, 0.1) is 5.57 Å². The van der Waals surface area contributed by atoms with Gasteiger partial charge in [-0.3, -0.25) is 4.79 Å². The third kappa shape index (κ3) is 2.09. The molecule has 0 aliphatic heterocycles. The van der Waals surface area contributed by atoms with Crippen molar-refractivity contribution in [3.63, 3.8) is 0 Å². The normalized spacial score (nSPS) is 23.3. The van der Waals surface area contributed by atoms with Gasteiger partial charge in [0.1, 0.15) is 5.76 Å². The van der Waals surface area contributed by atoms with Crippen LogP contribution < -0.4 is 0 Å². The van der Waals surface area contributed by atoms with Gasteiger partial charge in [0.15, 0.2) is 5.78 Å². The standard InChI is InChI=1S/C17H22O2/c1-6-17(5)9-14(18)15(16(17)19)13-8-11(3)10(2)7-12(13)4/h7-8,19H,6,9H2,1-5H3. The van der Waals surface area contributed by atoms with Crippen molar-refractivity contribution in [1.29, 1.82) is 0 Å². The number of Topliss-reactive ketones (excluding diaryl/α,β-unsaturated/α-hetero) is 1. The predicted molar refractivity (Wildman–Crippen MR) is 78.2 cm³/mol. The van der Waals surface area contributed by atoms with Crippen LogP contribution in [0.4, 0.5) is 0 Å². The molecular formula is C17H22O2. The summed E-state index contributed by atoms with van der Waals surface area (Å²) in [6.45, 7) is 10.1. The zero-order valence-corrected chi connectivity index (χ0v) is 12.4. The topological polar surface area (TPSA) is 37.3 Å². The van der Waals surface area contributed by atoms with Gasteiger partial charge in [-0.1, -0.05) is 26.0 Å². The molecule has 1 atom stereocenters. The maximum atomic E-state index is 12.3. The second-order valence-corrected chi connectivity index (χ2v) is 5.99. The van der Waals surface area contributed by atoms with E-state index in [1.165, 1.54) is 5.56 Å². The lowest BCUT2D eigenvalue weighted by Gasteiger charge is -2.21. The molecule has 1 aromatic carbocycles. The van der Waals surface area contributed by atoms with Gasteiger partial charge in [-0.15, -0.1) is 0 Å². The van der Waals surface area contributed by atoms with Crippen LogP contribution in [0.2, 0.25) is 0 Å². The van der Waals surface area contributed by atoms with Crippen molar-refractivity contribution in [3.8, 4) is 0 Å². The van der Waals surface area contributed by atoms with E-state index in [0.717, 1.165) is 23.1 Å². The Morgan fingerprint density at radius 1 is 1.16 bits per heavy atom. The van der Waals surface area contributed by atoms with E-state index in [0.29, 0.717) is 12.0 Å². The van der Waals surface area contributed by atoms with Gasteiger partial charge in [0, 0.05) is 11.8 Å². The first-order valence-corrected chi connectivity index (χ1v) is 6.85. The van der Waals surface area contributed by atoms with E-state index in [2.05, 4.69) is 13.0 Å². The fourth-order valence-corrected chi connectivity index (χ4v) is 2.76. The van der Waals surface area contributed by atoms with Gasteiger partial charge in [0.25, 0.3) is 0 Å². The summed E-state index contributed by atoms with van der Waals surface area (Å²) in [4.78, 5) is 12.3. The minimum Gasteiger partial charge on any atom is -0.511 e. The third-order valence-electron chi connectivity index (χ3n) is 4.53. The lowest BCUT2D eigenvalue weighted by Crippen LogP contribution is -2.14. The number of hydrogen-bond donors (Lipinski definition) is 1. The minimum atomic E-state index is -0.391. The number of carbonyl (C=O) groups excluding carboxylic acids is 1. The molecular weight excluding hydrogens is 236 g/mol. The second-order valence-electron chi connectivity index (χ2n) is 5.99. The van der Waals surface area contributed by atoms with Crippen LogP contribution >= 0.6 is 0 Å². The summed E-state index contributed by atoms with van der Waals surface area (Å²) in [7, 11) is 0. The smallest absolute Gasteiger partial charge is 0.167 e. The first kappa shape index (κ1) is 13.9. The maximum absolute atomic E-state index is 12.3. The van der Waals surface area contributed by atoms with Crippen LogP contribution in [-0.2, 0) is 4.79 Å². The fourth-order valence-electron chi connectivity index (χ4n) is 2.76. The van der Waals surface area contributed by atoms with E-state index in [4.69, 9.17) is 0 Å². The second kappa shape index (κ2) is 4.52. The van der Waals surface area contributed by atoms with E-state index in [9.17, 15) is 9.90 Å². The molecule has 0 amide bonds. The Kier molecular flexibility index (Phi) is 3.29. The van der Waals surface area contributed by atoms with Crippen molar-refractivity contribution < 1.29 is 9.90 Å².